The third kappa shape index (κ3) is 8.77. The van der Waals surface area contributed by atoms with E-state index in [9.17, 15) is 14.4 Å². The lowest BCUT2D eigenvalue weighted by molar-refractivity contribution is -0.139. The van der Waals surface area contributed by atoms with Crippen molar-refractivity contribution in [1.29, 1.82) is 0 Å². The number of ether oxygens (including phenoxy) is 1. The second-order valence-corrected chi connectivity index (χ2v) is 3.79. The van der Waals surface area contributed by atoms with Crippen LogP contribution >= 0.6 is 0 Å². The highest BCUT2D eigenvalue weighted by Gasteiger charge is 2.18. The fourth-order valence-corrected chi connectivity index (χ4v) is 1.20. The Hall–Kier alpha value is -2.27. The van der Waals surface area contributed by atoms with Gasteiger partial charge in [-0.1, -0.05) is 0 Å². The SMILES string of the molecule is C#CCC(NC(=O)NCCC(=O)NCCOC)C(=O)O. The van der Waals surface area contributed by atoms with Gasteiger partial charge in [0.25, 0.3) is 0 Å². The molecule has 0 aromatic heterocycles. The van der Waals surface area contributed by atoms with E-state index in [1.54, 1.807) is 0 Å². The summed E-state index contributed by atoms with van der Waals surface area (Å²) in [7, 11) is 1.52. The van der Waals surface area contributed by atoms with Gasteiger partial charge in [0.15, 0.2) is 0 Å². The van der Waals surface area contributed by atoms with Crippen molar-refractivity contribution in [3.63, 3.8) is 0 Å². The number of aliphatic carboxylic acids is 1. The highest BCUT2D eigenvalue weighted by Crippen LogP contribution is 1.90. The van der Waals surface area contributed by atoms with Crippen LogP contribution in [0.4, 0.5) is 4.79 Å². The topological polar surface area (TPSA) is 117 Å². The minimum Gasteiger partial charge on any atom is -0.480 e. The van der Waals surface area contributed by atoms with Gasteiger partial charge in [-0.3, -0.25) is 4.79 Å². The van der Waals surface area contributed by atoms with E-state index < -0.39 is 18.0 Å². The predicted molar refractivity (Wildman–Crippen MR) is 70.9 cm³/mol. The number of rotatable bonds is 9. The molecule has 3 amide bonds. The quantitative estimate of drug-likeness (QED) is 0.317. The summed E-state index contributed by atoms with van der Waals surface area (Å²) < 4.78 is 4.76. The van der Waals surface area contributed by atoms with Crippen molar-refractivity contribution in [2.45, 2.75) is 18.9 Å². The number of methoxy groups -OCH3 is 1. The monoisotopic (exact) mass is 285 g/mol. The molecule has 112 valence electrons. The Kier molecular flexibility index (Phi) is 9.43. The molecular formula is C12H19N3O5. The summed E-state index contributed by atoms with van der Waals surface area (Å²) in [5.74, 6) is 0.710. The van der Waals surface area contributed by atoms with Gasteiger partial charge >= 0.3 is 12.0 Å². The van der Waals surface area contributed by atoms with E-state index in [0.29, 0.717) is 13.2 Å². The molecule has 0 heterocycles. The molecule has 1 atom stereocenters. The van der Waals surface area contributed by atoms with Gasteiger partial charge in [-0.25, -0.2) is 9.59 Å². The molecule has 0 rings (SSSR count). The summed E-state index contributed by atoms with van der Waals surface area (Å²) >= 11 is 0. The van der Waals surface area contributed by atoms with Crippen molar-refractivity contribution in [2.24, 2.45) is 0 Å². The summed E-state index contributed by atoms with van der Waals surface area (Å²) in [4.78, 5) is 33.4. The Labute approximate surface area is 117 Å². The Balaban J connectivity index is 3.85. The predicted octanol–water partition coefficient (Wildman–Crippen LogP) is -1.09. The average Bonchev–Trinajstić information content (AvgIpc) is 2.38. The molecule has 8 nitrogen and oxygen atoms in total. The first-order valence-electron chi connectivity index (χ1n) is 5.97. The number of nitrogens with one attached hydrogen (secondary N) is 3. The molecule has 20 heavy (non-hydrogen) atoms. The maximum absolute atomic E-state index is 11.4. The fraction of sp³-hybridized carbons (Fsp3) is 0.583. The first-order valence-corrected chi connectivity index (χ1v) is 5.97. The normalized spacial score (nSPS) is 11.0. The number of terminal acetylenes is 1. The highest BCUT2D eigenvalue weighted by molar-refractivity contribution is 5.83. The molecule has 0 aliphatic carbocycles. The van der Waals surface area contributed by atoms with Gasteiger partial charge < -0.3 is 25.8 Å². The minimum absolute atomic E-state index is 0.0873. The maximum atomic E-state index is 11.4. The van der Waals surface area contributed by atoms with Gasteiger partial charge in [-0.05, 0) is 0 Å². The first-order chi connectivity index (χ1) is 9.51. The highest BCUT2D eigenvalue weighted by atomic mass is 16.5. The van der Waals surface area contributed by atoms with Crippen LogP contribution in [-0.2, 0) is 14.3 Å². The maximum Gasteiger partial charge on any atom is 0.327 e. The lowest BCUT2D eigenvalue weighted by Crippen LogP contribution is -2.46. The standard InChI is InChI=1S/C12H19N3O5/c1-3-4-9(11(17)18)15-12(19)14-6-5-10(16)13-7-8-20-2/h1,9H,4-8H2,2H3,(H,13,16)(H,17,18)(H2,14,15,19). The number of carboxylic acids is 1. The molecule has 8 heteroatoms. The van der Waals surface area contributed by atoms with Crippen molar-refractivity contribution in [3.05, 3.63) is 0 Å². The van der Waals surface area contributed by atoms with Crippen LogP contribution in [0.2, 0.25) is 0 Å². The van der Waals surface area contributed by atoms with Crippen LogP contribution in [0.15, 0.2) is 0 Å². The lowest BCUT2D eigenvalue weighted by Gasteiger charge is -2.12. The summed E-state index contributed by atoms with van der Waals surface area (Å²) in [5, 5.41) is 15.9. The fourth-order valence-electron chi connectivity index (χ4n) is 1.20. The molecule has 0 aliphatic rings. The molecule has 1 unspecified atom stereocenters. The van der Waals surface area contributed by atoms with Crippen LogP contribution in [0.1, 0.15) is 12.8 Å². The van der Waals surface area contributed by atoms with Gasteiger partial charge in [-0.15, -0.1) is 12.3 Å². The summed E-state index contributed by atoms with van der Waals surface area (Å²) in [6.45, 7) is 0.893. The Bertz CT molecular complexity index is 378. The number of hydrogen-bond donors (Lipinski definition) is 4. The second kappa shape index (κ2) is 10.6. The van der Waals surface area contributed by atoms with E-state index in [1.807, 2.05) is 0 Å². The van der Waals surface area contributed by atoms with E-state index in [2.05, 4.69) is 21.9 Å². The second-order valence-electron chi connectivity index (χ2n) is 3.79. The molecule has 0 saturated carbocycles. The number of carbonyl (C=O) groups is 3. The zero-order valence-corrected chi connectivity index (χ0v) is 11.3. The minimum atomic E-state index is -1.21. The van der Waals surface area contributed by atoms with E-state index in [4.69, 9.17) is 16.3 Å². The van der Waals surface area contributed by atoms with Crippen molar-refractivity contribution in [2.75, 3.05) is 26.8 Å². The molecule has 0 aliphatic heterocycles. The number of urea groups is 1. The summed E-state index contributed by atoms with van der Waals surface area (Å²) in [6.07, 6.45) is 4.97. The van der Waals surface area contributed by atoms with Crippen molar-refractivity contribution >= 4 is 17.9 Å². The van der Waals surface area contributed by atoms with Crippen molar-refractivity contribution < 1.29 is 24.2 Å². The smallest absolute Gasteiger partial charge is 0.327 e. The van der Waals surface area contributed by atoms with E-state index in [-0.39, 0.29) is 25.3 Å². The van der Waals surface area contributed by atoms with Crippen LogP contribution < -0.4 is 16.0 Å². The van der Waals surface area contributed by atoms with Gasteiger partial charge in [0.2, 0.25) is 5.91 Å². The van der Waals surface area contributed by atoms with Crippen LogP contribution in [0.3, 0.4) is 0 Å². The molecule has 0 fully saturated rings. The number of carboxylic acid groups (broad SMARTS) is 1. The lowest BCUT2D eigenvalue weighted by atomic mass is 10.2. The molecule has 0 saturated heterocycles. The number of amides is 3. The van der Waals surface area contributed by atoms with Gasteiger partial charge in [0.1, 0.15) is 6.04 Å². The number of carbonyl (C=O) groups excluding carboxylic acids is 2. The van der Waals surface area contributed by atoms with Crippen LogP contribution in [0.5, 0.6) is 0 Å². The van der Waals surface area contributed by atoms with Crippen molar-refractivity contribution in [3.8, 4) is 12.3 Å². The van der Waals surface area contributed by atoms with Crippen LogP contribution in [0.25, 0.3) is 0 Å². The van der Waals surface area contributed by atoms with Gasteiger partial charge in [-0.2, -0.15) is 0 Å². The zero-order chi connectivity index (χ0) is 15.4. The zero-order valence-electron chi connectivity index (χ0n) is 11.3. The van der Waals surface area contributed by atoms with Crippen molar-refractivity contribution in [1.82, 2.24) is 16.0 Å². The average molecular weight is 285 g/mol. The Morgan fingerprint density at radius 3 is 2.55 bits per heavy atom. The van der Waals surface area contributed by atoms with Gasteiger partial charge in [0, 0.05) is 33.0 Å². The molecule has 0 aromatic carbocycles. The molecule has 0 radical (unpaired) electrons. The Morgan fingerprint density at radius 1 is 1.30 bits per heavy atom. The molecule has 4 N–H and O–H groups in total. The van der Waals surface area contributed by atoms with E-state index in [0.717, 1.165) is 0 Å². The van der Waals surface area contributed by atoms with Crippen LogP contribution in [-0.4, -0.2) is 55.9 Å². The summed E-state index contributed by atoms with van der Waals surface area (Å²) in [5.41, 5.74) is 0. The van der Waals surface area contributed by atoms with Gasteiger partial charge in [0.05, 0.1) is 6.61 Å². The largest absolute Gasteiger partial charge is 0.480 e. The van der Waals surface area contributed by atoms with E-state index >= 15 is 0 Å². The number of hydrogen-bond acceptors (Lipinski definition) is 4. The van der Waals surface area contributed by atoms with Crippen LogP contribution in [0, 0.1) is 12.3 Å². The molecule has 0 spiro atoms. The Morgan fingerprint density at radius 2 is 2.00 bits per heavy atom. The molecular weight excluding hydrogens is 266 g/mol. The third-order valence-electron chi connectivity index (χ3n) is 2.19. The first kappa shape index (κ1) is 17.7. The third-order valence-corrected chi connectivity index (χ3v) is 2.19. The summed E-state index contributed by atoms with van der Waals surface area (Å²) in [6, 6.07) is -1.83. The molecule has 0 aromatic rings. The molecule has 0 bridgehead atoms. The van der Waals surface area contributed by atoms with E-state index in [1.165, 1.54) is 7.11 Å².